The van der Waals surface area contributed by atoms with Crippen LogP contribution in [-0.4, -0.2) is 37.0 Å². The zero-order chi connectivity index (χ0) is 19.0. The Morgan fingerprint density at radius 1 is 1.07 bits per heavy atom. The number of rotatable bonds is 4. The van der Waals surface area contributed by atoms with Crippen molar-refractivity contribution >= 4 is 22.9 Å². The Kier molecular flexibility index (Phi) is 5.02. The van der Waals surface area contributed by atoms with Gasteiger partial charge in [0.15, 0.2) is 0 Å². The average Bonchev–Trinajstić information content (AvgIpc) is 3.45. The molecular formula is C24H30N2OS. The van der Waals surface area contributed by atoms with Crippen LogP contribution in [0.5, 0.6) is 0 Å². The van der Waals surface area contributed by atoms with Crippen molar-refractivity contribution in [1.29, 1.82) is 0 Å². The van der Waals surface area contributed by atoms with Crippen molar-refractivity contribution in [3.8, 4) is 0 Å². The summed E-state index contributed by atoms with van der Waals surface area (Å²) in [6, 6.07) is 12.9. The first-order valence-corrected chi connectivity index (χ1v) is 11.8. The second-order valence-corrected chi connectivity index (χ2v) is 9.79. The fourth-order valence-corrected chi connectivity index (χ4v) is 6.55. The predicted octanol–water partition coefficient (Wildman–Crippen LogP) is 5.15. The Morgan fingerprint density at radius 3 is 2.64 bits per heavy atom. The third kappa shape index (κ3) is 3.21. The maximum Gasteiger partial charge on any atom is 0.235 e. The molecule has 0 radical (unpaired) electrons. The molecule has 28 heavy (non-hydrogen) atoms. The van der Waals surface area contributed by atoms with Crippen LogP contribution in [-0.2, 0) is 4.79 Å². The number of carbonyl (C=O) groups is 1. The van der Waals surface area contributed by atoms with Gasteiger partial charge in [0.25, 0.3) is 0 Å². The highest BCUT2D eigenvalue weighted by Gasteiger charge is 2.57. The third-order valence-electron chi connectivity index (χ3n) is 7.33. The Bertz CT molecular complexity index is 799. The molecule has 2 atom stereocenters. The largest absolute Gasteiger partial charge is 0.311 e. The summed E-state index contributed by atoms with van der Waals surface area (Å²) in [6.45, 7) is 4.00. The van der Waals surface area contributed by atoms with E-state index in [4.69, 9.17) is 0 Å². The maximum absolute atomic E-state index is 13.8. The van der Waals surface area contributed by atoms with E-state index in [1.807, 2.05) is 0 Å². The fourth-order valence-electron chi connectivity index (χ4n) is 5.91. The molecule has 1 aromatic carbocycles. The highest BCUT2D eigenvalue weighted by molar-refractivity contribution is 7.08. The van der Waals surface area contributed by atoms with E-state index in [0.29, 0.717) is 11.8 Å². The summed E-state index contributed by atoms with van der Waals surface area (Å²) in [5.74, 6) is 1.49. The quantitative estimate of drug-likeness (QED) is 0.716. The molecule has 0 bridgehead atoms. The highest BCUT2D eigenvalue weighted by atomic mass is 32.1. The van der Waals surface area contributed by atoms with E-state index in [0.717, 1.165) is 37.7 Å². The van der Waals surface area contributed by atoms with Crippen LogP contribution in [0.3, 0.4) is 0 Å². The number of benzene rings is 1. The fraction of sp³-hybridized carbons (Fsp3) is 0.542. The molecule has 1 aromatic heterocycles. The molecule has 3 fully saturated rings. The van der Waals surface area contributed by atoms with Gasteiger partial charge in [0, 0.05) is 37.5 Å². The summed E-state index contributed by atoms with van der Waals surface area (Å²) < 4.78 is 0. The van der Waals surface area contributed by atoms with E-state index in [1.54, 1.807) is 11.3 Å². The molecule has 1 aliphatic carbocycles. The molecule has 0 unspecified atom stereocenters. The average molecular weight is 395 g/mol. The molecule has 1 spiro atoms. The lowest BCUT2D eigenvalue weighted by molar-refractivity contribution is -0.125. The molecule has 3 heterocycles. The molecule has 2 saturated heterocycles. The molecule has 2 aliphatic heterocycles. The van der Waals surface area contributed by atoms with Gasteiger partial charge in [-0.25, -0.2) is 0 Å². The molecule has 1 amide bonds. The van der Waals surface area contributed by atoms with Gasteiger partial charge < -0.3 is 9.80 Å². The summed E-state index contributed by atoms with van der Waals surface area (Å²) in [6.07, 6.45) is 7.89. The number of thiophene rings is 1. The second-order valence-electron chi connectivity index (χ2n) is 9.01. The van der Waals surface area contributed by atoms with E-state index in [9.17, 15) is 4.79 Å². The monoisotopic (exact) mass is 394 g/mol. The Balaban J connectivity index is 1.43. The van der Waals surface area contributed by atoms with Gasteiger partial charge in [0.2, 0.25) is 5.91 Å². The highest BCUT2D eigenvalue weighted by Crippen LogP contribution is 2.51. The van der Waals surface area contributed by atoms with Gasteiger partial charge >= 0.3 is 0 Å². The van der Waals surface area contributed by atoms with Crippen LogP contribution in [0.4, 0.5) is 5.69 Å². The first-order valence-electron chi connectivity index (χ1n) is 10.9. The molecule has 3 nitrogen and oxygen atoms in total. The van der Waals surface area contributed by atoms with Gasteiger partial charge in [-0.15, -0.1) is 0 Å². The second kappa shape index (κ2) is 7.64. The van der Waals surface area contributed by atoms with Crippen molar-refractivity contribution in [3.63, 3.8) is 0 Å². The normalized spacial score (nSPS) is 29.2. The van der Waals surface area contributed by atoms with Crippen molar-refractivity contribution in [2.75, 3.05) is 31.1 Å². The standard InChI is InChI=1S/C24H30N2OS/c27-23-24(12-13-26(23)21-11-14-28-17-21)18-25(15-19-7-3-1-4-8-19)16-22(24)20-9-5-2-6-10-20/h2,5-6,9-11,14,17,19,22H,1,3-4,7-8,12-13,15-16,18H2/t22-,24+/m0/s1. The number of nitrogens with zero attached hydrogens (tertiary/aromatic N) is 2. The van der Waals surface area contributed by atoms with Gasteiger partial charge in [-0.05, 0) is 42.2 Å². The summed E-state index contributed by atoms with van der Waals surface area (Å²) in [4.78, 5) is 18.4. The topological polar surface area (TPSA) is 23.6 Å². The van der Waals surface area contributed by atoms with Crippen molar-refractivity contribution in [2.24, 2.45) is 11.3 Å². The number of amides is 1. The SMILES string of the molecule is O=C1N(c2ccsc2)CC[C@]12CN(CC1CCCCC1)C[C@H]2c1ccccc1. The lowest BCUT2D eigenvalue weighted by Crippen LogP contribution is -2.40. The Labute approximate surface area is 172 Å². The number of carbonyl (C=O) groups excluding carboxylic acids is 1. The van der Waals surface area contributed by atoms with Crippen LogP contribution in [0.2, 0.25) is 0 Å². The summed E-state index contributed by atoms with van der Waals surface area (Å²) in [5, 5.41) is 4.19. The van der Waals surface area contributed by atoms with E-state index < -0.39 is 0 Å². The predicted molar refractivity (Wildman–Crippen MR) is 116 cm³/mol. The number of anilines is 1. The van der Waals surface area contributed by atoms with Gasteiger partial charge in [0.05, 0.1) is 11.1 Å². The van der Waals surface area contributed by atoms with Crippen LogP contribution >= 0.6 is 11.3 Å². The Morgan fingerprint density at radius 2 is 1.89 bits per heavy atom. The van der Waals surface area contributed by atoms with Crippen molar-refractivity contribution in [1.82, 2.24) is 4.90 Å². The molecule has 2 aromatic rings. The van der Waals surface area contributed by atoms with Crippen molar-refractivity contribution < 1.29 is 4.79 Å². The summed E-state index contributed by atoms with van der Waals surface area (Å²) in [5.41, 5.74) is 2.18. The van der Waals surface area contributed by atoms with Crippen LogP contribution in [0, 0.1) is 11.3 Å². The van der Waals surface area contributed by atoms with E-state index >= 15 is 0 Å². The van der Waals surface area contributed by atoms with Crippen LogP contribution in [0.25, 0.3) is 0 Å². The third-order valence-corrected chi connectivity index (χ3v) is 8.00. The van der Waals surface area contributed by atoms with Crippen molar-refractivity contribution in [3.05, 3.63) is 52.7 Å². The first-order chi connectivity index (χ1) is 13.8. The summed E-state index contributed by atoms with van der Waals surface area (Å²) >= 11 is 1.68. The molecule has 148 valence electrons. The molecule has 1 saturated carbocycles. The molecule has 5 rings (SSSR count). The molecular weight excluding hydrogens is 364 g/mol. The maximum atomic E-state index is 13.8. The number of likely N-dealkylation sites (tertiary alicyclic amines) is 1. The van der Waals surface area contributed by atoms with E-state index in [-0.39, 0.29) is 5.41 Å². The zero-order valence-corrected chi connectivity index (χ0v) is 17.4. The van der Waals surface area contributed by atoms with Gasteiger partial charge in [0.1, 0.15) is 0 Å². The minimum Gasteiger partial charge on any atom is -0.311 e. The molecule has 3 aliphatic rings. The minimum absolute atomic E-state index is 0.252. The van der Waals surface area contributed by atoms with E-state index in [2.05, 4.69) is 57.0 Å². The first kappa shape index (κ1) is 18.4. The minimum atomic E-state index is -0.252. The lowest BCUT2D eigenvalue weighted by Gasteiger charge is -2.29. The lowest BCUT2D eigenvalue weighted by atomic mass is 9.73. The van der Waals surface area contributed by atoms with Crippen LogP contribution in [0.15, 0.2) is 47.2 Å². The van der Waals surface area contributed by atoms with Gasteiger partial charge in [-0.2, -0.15) is 11.3 Å². The van der Waals surface area contributed by atoms with E-state index in [1.165, 1.54) is 44.2 Å². The van der Waals surface area contributed by atoms with Crippen LogP contribution < -0.4 is 4.90 Å². The Hall–Kier alpha value is -1.65. The number of hydrogen-bond donors (Lipinski definition) is 0. The molecule has 4 heteroatoms. The zero-order valence-electron chi connectivity index (χ0n) is 16.6. The van der Waals surface area contributed by atoms with Gasteiger partial charge in [-0.1, -0.05) is 49.6 Å². The summed E-state index contributed by atoms with van der Waals surface area (Å²) in [7, 11) is 0. The van der Waals surface area contributed by atoms with Gasteiger partial charge in [-0.3, -0.25) is 4.79 Å². The number of hydrogen-bond acceptors (Lipinski definition) is 3. The van der Waals surface area contributed by atoms with Crippen LogP contribution in [0.1, 0.15) is 50.0 Å². The van der Waals surface area contributed by atoms with Crippen molar-refractivity contribution in [2.45, 2.75) is 44.4 Å². The smallest absolute Gasteiger partial charge is 0.235 e. The molecule has 0 N–H and O–H groups in total.